The van der Waals surface area contributed by atoms with Crippen molar-refractivity contribution in [3.8, 4) is 0 Å². The molecule has 0 aliphatic heterocycles. The summed E-state index contributed by atoms with van der Waals surface area (Å²) in [5.41, 5.74) is 0. The van der Waals surface area contributed by atoms with Crippen molar-refractivity contribution in [2.75, 3.05) is 6.61 Å². The van der Waals surface area contributed by atoms with Gasteiger partial charge in [0.05, 0.1) is 6.61 Å². The van der Waals surface area contributed by atoms with Crippen LogP contribution in [0, 0.1) is 0 Å². The van der Waals surface area contributed by atoms with Gasteiger partial charge in [0.15, 0.2) is 0 Å². The van der Waals surface area contributed by atoms with Crippen molar-refractivity contribution in [3.05, 3.63) is 0 Å². The van der Waals surface area contributed by atoms with E-state index in [1.54, 1.807) is 0 Å². The van der Waals surface area contributed by atoms with Gasteiger partial charge in [-0.1, -0.05) is 19.8 Å². The zero-order chi connectivity index (χ0) is 8.04. The molecule has 0 radical (unpaired) electrons. The molecule has 0 aromatic carbocycles. The van der Waals surface area contributed by atoms with Crippen LogP contribution >= 0.6 is 46.7 Å². The first-order valence-electron chi connectivity index (χ1n) is 3.20. The lowest BCUT2D eigenvalue weighted by Crippen LogP contribution is -1.85. The Balaban J connectivity index is 3.13. The number of halogens is 2. The number of hydrogen-bond acceptors (Lipinski definition) is 2. The lowest BCUT2D eigenvalue weighted by atomic mass is 10.3. The quantitative estimate of drug-likeness (QED) is 0.402. The van der Waals surface area contributed by atoms with Gasteiger partial charge in [0, 0.05) is 44.1 Å². The van der Waals surface area contributed by atoms with Gasteiger partial charge in [0.1, 0.15) is 0 Å². The topological polar surface area (TPSA) is 26.3 Å². The minimum Gasteiger partial charge on any atom is -0.315 e. The predicted octanol–water partition coefficient (Wildman–Crippen LogP) is 4.17. The summed E-state index contributed by atoms with van der Waals surface area (Å²) in [6.45, 7) is 2.77. The average Bonchev–Trinajstić information content (AvgIpc) is 1.78. The fourth-order valence-corrected chi connectivity index (χ4v) is 2.05. The third-order valence-corrected chi connectivity index (χ3v) is 3.14. The van der Waals surface area contributed by atoms with Crippen molar-refractivity contribution in [2.45, 2.75) is 26.2 Å². The minimum absolute atomic E-state index is 0.636. The van der Waals surface area contributed by atoms with Gasteiger partial charge in [-0.15, -0.1) is 0 Å². The van der Waals surface area contributed by atoms with Crippen LogP contribution < -0.4 is 0 Å². The van der Waals surface area contributed by atoms with E-state index in [0.717, 1.165) is 12.8 Å². The lowest BCUT2D eigenvalue weighted by molar-refractivity contribution is 0.327. The molecular formula is C5H11I2O2P. The molecule has 10 heavy (non-hydrogen) atoms. The molecule has 0 unspecified atom stereocenters. The Kier molecular flexibility index (Phi) is 7.22. The Bertz CT molecular complexity index is 123. The molecule has 0 saturated heterocycles. The Morgan fingerprint density at radius 3 is 2.40 bits per heavy atom. The molecule has 0 rings (SSSR count). The molecule has 0 saturated carbocycles. The summed E-state index contributed by atoms with van der Waals surface area (Å²) in [7, 11) is 0. The van der Waals surface area contributed by atoms with Crippen molar-refractivity contribution in [2.24, 2.45) is 0 Å². The van der Waals surface area contributed by atoms with Crippen LogP contribution in [0.25, 0.3) is 0 Å². The van der Waals surface area contributed by atoms with Gasteiger partial charge < -0.3 is 4.52 Å². The summed E-state index contributed by atoms with van der Waals surface area (Å²) in [5, 5.41) is 0. The smallest absolute Gasteiger partial charge is 0.315 e. The van der Waals surface area contributed by atoms with E-state index in [2.05, 4.69) is 6.92 Å². The molecule has 0 fully saturated rings. The molecule has 0 spiro atoms. The summed E-state index contributed by atoms with van der Waals surface area (Å²) in [4.78, 5) is 0. The molecule has 0 aliphatic carbocycles. The summed E-state index contributed by atoms with van der Waals surface area (Å²) in [5.74, 6) is 0. The average molecular weight is 388 g/mol. The largest absolute Gasteiger partial charge is 0.315 e. The minimum atomic E-state index is -2.27. The maximum absolute atomic E-state index is 10.9. The van der Waals surface area contributed by atoms with E-state index in [0.29, 0.717) is 6.61 Å². The first-order chi connectivity index (χ1) is 4.56. The monoisotopic (exact) mass is 388 g/mol. The van der Waals surface area contributed by atoms with Crippen LogP contribution in [0.4, 0.5) is 0 Å². The number of unbranched alkanes of at least 4 members (excludes halogenated alkanes) is 2. The highest BCUT2D eigenvalue weighted by molar-refractivity contribution is 14.3. The van der Waals surface area contributed by atoms with Crippen molar-refractivity contribution in [1.29, 1.82) is 0 Å². The van der Waals surface area contributed by atoms with E-state index < -0.39 is 2.65 Å². The normalized spacial score (nSPS) is 11.9. The lowest BCUT2D eigenvalue weighted by Gasteiger charge is -2.03. The van der Waals surface area contributed by atoms with Crippen LogP contribution in [0.3, 0.4) is 0 Å². The molecule has 0 aromatic rings. The van der Waals surface area contributed by atoms with Crippen molar-refractivity contribution in [3.63, 3.8) is 0 Å². The second kappa shape index (κ2) is 6.20. The van der Waals surface area contributed by atoms with Crippen LogP contribution in [0.1, 0.15) is 26.2 Å². The molecular weight excluding hydrogens is 377 g/mol. The number of rotatable bonds is 5. The van der Waals surface area contributed by atoms with Gasteiger partial charge in [0.2, 0.25) is 0 Å². The highest BCUT2D eigenvalue weighted by Crippen LogP contribution is 2.63. The summed E-state index contributed by atoms with van der Waals surface area (Å²) in [6, 6.07) is 0. The fraction of sp³-hybridized carbons (Fsp3) is 1.00. The molecule has 2 nitrogen and oxygen atoms in total. The van der Waals surface area contributed by atoms with Crippen molar-refractivity contribution < 1.29 is 9.09 Å². The van der Waals surface area contributed by atoms with Gasteiger partial charge in [-0.05, 0) is 6.42 Å². The van der Waals surface area contributed by atoms with Crippen LogP contribution in [-0.4, -0.2) is 6.61 Å². The van der Waals surface area contributed by atoms with Gasteiger partial charge in [-0.25, -0.2) is 0 Å². The van der Waals surface area contributed by atoms with Gasteiger partial charge in [-0.2, -0.15) is 0 Å². The molecule has 0 atom stereocenters. The Morgan fingerprint density at radius 2 is 2.00 bits per heavy atom. The summed E-state index contributed by atoms with van der Waals surface area (Å²) in [6.07, 6.45) is 3.36. The van der Waals surface area contributed by atoms with Crippen LogP contribution in [0.5, 0.6) is 0 Å². The Morgan fingerprint density at radius 1 is 1.40 bits per heavy atom. The predicted molar refractivity (Wildman–Crippen MR) is 61.1 cm³/mol. The Hall–Kier alpha value is 1.65. The molecule has 0 aromatic heterocycles. The molecule has 0 heterocycles. The van der Waals surface area contributed by atoms with E-state index in [1.165, 1.54) is 6.42 Å². The zero-order valence-corrected chi connectivity index (χ0v) is 11.1. The molecule has 62 valence electrons. The van der Waals surface area contributed by atoms with Crippen LogP contribution in [-0.2, 0) is 9.09 Å². The van der Waals surface area contributed by atoms with Crippen LogP contribution in [0.15, 0.2) is 0 Å². The third-order valence-electron chi connectivity index (χ3n) is 0.989. The highest BCUT2D eigenvalue weighted by atomic mass is 127. The van der Waals surface area contributed by atoms with Crippen LogP contribution in [0.2, 0.25) is 0 Å². The molecule has 5 heteroatoms. The zero-order valence-electron chi connectivity index (χ0n) is 5.85. The Labute approximate surface area is 87.9 Å². The second-order valence-electron chi connectivity index (χ2n) is 1.95. The van der Waals surface area contributed by atoms with Gasteiger partial charge in [-0.3, -0.25) is 4.57 Å². The van der Waals surface area contributed by atoms with E-state index in [1.807, 2.05) is 44.1 Å². The standard InChI is InChI=1S/C5H11I2O2P/c1-2-3-4-5-9-10(6,7)8/h2-5H2,1H3. The maximum atomic E-state index is 10.9. The van der Waals surface area contributed by atoms with Crippen molar-refractivity contribution >= 4 is 46.7 Å². The highest BCUT2D eigenvalue weighted by Gasteiger charge is 2.10. The molecule has 0 bridgehead atoms. The van der Waals surface area contributed by atoms with E-state index in [4.69, 9.17) is 4.52 Å². The van der Waals surface area contributed by atoms with E-state index >= 15 is 0 Å². The second-order valence-corrected chi connectivity index (χ2v) is 16.2. The van der Waals surface area contributed by atoms with E-state index in [9.17, 15) is 4.57 Å². The van der Waals surface area contributed by atoms with Crippen molar-refractivity contribution in [1.82, 2.24) is 0 Å². The molecule has 0 amide bonds. The van der Waals surface area contributed by atoms with E-state index in [-0.39, 0.29) is 0 Å². The SMILES string of the molecule is CCCCCOP(=O)(I)I. The fourth-order valence-electron chi connectivity index (χ4n) is 0.523. The van der Waals surface area contributed by atoms with Gasteiger partial charge >= 0.3 is 2.65 Å². The first kappa shape index (κ1) is 11.6. The first-order valence-corrected chi connectivity index (χ1v) is 10.4. The summed E-state index contributed by atoms with van der Waals surface area (Å²) >= 11 is 3.70. The molecule has 0 aliphatic rings. The maximum Gasteiger partial charge on any atom is 0.315 e. The van der Waals surface area contributed by atoms with Gasteiger partial charge in [0.25, 0.3) is 0 Å². The molecule has 0 N–H and O–H groups in total. The number of hydrogen-bond donors (Lipinski definition) is 0. The summed E-state index contributed by atoms with van der Waals surface area (Å²) < 4.78 is 13.7. The third kappa shape index (κ3) is 9.65.